The van der Waals surface area contributed by atoms with Crippen molar-refractivity contribution in [3.8, 4) is 0 Å². The number of likely N-dealkylation sites (tertiary alicyclic amines) is 1. The molecule has 7 heteroatoms. The van der Waals surface area contributed by atoms with Crippen LogP contribution in [0.15, 0.2) is 47.6 Å². The number of Topliss-reactive ketones (excluding diaryl/α,β-unsaturated/α-hetero) is 1. The van der Waals surface area contributed by atoms with Gasteiger partial charge < -0.3 is 10.0 Å². The van der Waals surface area contributed by atoms with E-state index in [0.29, 0.717) is 24.3 Å². The fourth-order valence-electron chi connectivity index (χ4n) is 5.84. The molecule has 4 nitrogen and oxygen atoms in total. The number of carbonyl (C=O) groups excluding carboxylic acids is 2. The second kappa shape index (κ2) is 8.99. The van der Waals surface area contributed by atoms with Gasteiger partial charge >= 0.3 is 6.18 Å². The summed E-state index contributed by atoms with van der Waals surface area (Å²) in [5.41, 5.74) is 0.569. The molecular formula is C27H32F3NO3. The van der Waals surface area contributed by atoms with E-state index in [1.54, 1.807) is 4.90 Å². The van der Waals surface area contributed by atoms with E-state index in [1.807, 2.05) is 6.92 Å². The average Bonchev–Trinajstić information content (AvgIpc) is 2.98. The average molecular weight is 476 g/mol. The molecule has 2 fully saturated rings. The number of carbonyl (C=O) groups is 2. The molecule has 184 valence electrons. The molecule has 0 bridgehead atoms. The van der Waals surface area contributed by atoms with Crippen molar-refractivity contribution in [2.45, 2.75) is 64.1 Å². The highest BCUT2D eigenvalue weighted by Crippen LogP contribution is 2.45. The SMILES string of the molecule is C=C(C(=O)N1CCC(O)(c2cccc(C(F)(F)F)c2)CC1)[C@@H]1CC[C@H](C)[C@@H]2CC(=O)C(C)=C2C1. The summed E-state index contributed by atoms with van der Waals surface area (Å²) < 4.78 is 39.3. The third-order valence-electron chi connectivity index (χ3n) is 8.25. The Hall–Kier alpha value is -2.41. The molecule has 0 aromatic heterocycles. The van der Waals surface area contributed by atoms with Crippen molar-refractivity contribution in [3.05, 3.63) is 58.7 Å². The smallest absolute Gasteiger partial charge is 0.385 e. The second-order valence-electron chi connectivity index (χ2n) is 10.3. The summed E-state index contributed by atoms with van der Waals surface area (Å²) in [4.78, 5) is 27.2. The first-order valence-corrected chi connectivity index (χ1v) is 12.0. The predicted molar refractivity (Wildman–Crippen MR) is 123 cm³/mol. The maximum absolute atomic E-state index is 13.3. The Bertz CT molecular complexity index is 1030. The van der Waals surface area contributed by atoms with E-state index in [4.69, 9.17) is 0 Å². The summed E-state index contributed by atoms with van der Waals surface area (Å²) in [6.07, 6.45) is -1.13. The van der Waals surface area contributed by atoms with Crippen LogP contribution in [-0.2, 0) is 21.4 Å². The van der Waals surface area contributed by atoms with Crippen LogP contribution in [0, 0.1) is 17.8 Å². The summed E-state index contributed by atoms with van der Waals surface area (Å²) in [5, 5.41) is 11.1. The number of allylic oxidation sites excluding steroid dienone is 2. The van der Waals surface area contributed by atoms with Gasteiger partial charge in [-0.2, -0.15) is 13.2 Å². The molecule has 1 amide bonds. The molecule has 34 heavy (non-hydrogen) atoms. The van der Waals surface area contributed by atoms with E-state index in [1.165, 1.54) is 17.7 Å². The van der Waals surface area contributed by atoms with Crippen molar-refractivity contribution in [2.24, 2.45) is 17.8 Å². The molecule has 2 aliphatic carbocycles. The number of nitrogens with zero attached hydrogens (tertiary/aromatic N) is 1. The second-order valence-corrected chi connectivity index (χ2v) is 10.3. The summed E-state index contributed by atoms with van der Waals surface area (Å²) in [5.74, 6) is 0.666. The summed E-state index contributed by atoms with van der Waals surface area (Å²) >= 11 is 0. The zero-order valence-electron chi connectivity index (χ0n) is 19.8. The van der Waals surface area contributed by atoms with Crippen molar-refractivity contribution in [1.82, 2.24) is 4.90 Å². The van der Waals surface area contributed by atoms with E-state index in [2.05, 4.69) is 13.5 Å². The monoisotopic (exact) mass is 475 g/mol. The molecule has 1 saturated carbocycles. The largest absolute Gasteiger partial charge is 0.416 e. The summed E-state index contributed by atoms with van der Waals surface area (Å²) in [7, 11) is 0. The van der Waals surface area contributed by atoms with Crippen LogP contribution in [0.5, 0.6) is 0 Å². The van der Waals surface area contributed by atoms with Gasteiger partial charge in [0, 0.05) is 25.1 Å². The number of halogens is 3. The maximum Gasteiger partial charge on any atom is 0.416 e. The molecule has 1 heterocycles. The van der Waals surface area contributed by atoms with Gasteiger partial charge in [-0.05, 0) is 80.1 Å². The number of alkyl halides is 3. The number of fused-ring (bicyclic) bond motifs is 1. The van der Waals surface area contributed by atoms with Crippen LogP contribution in [-0.4, -0.2) is 34.8 Å². The molecule has 3 atom stereocenters. The number of piperidine rings is 1. The molecule has 1 aromatic carbocycles. The van der Waals surface area contributed by atoms with E-state index in [-0.39, 0.29) is 55.0 Å². The molecule has 3 aliphatic rings. The normalized spacial score (nSPS) is 27.4. The zero-order valence-corrected chi connectivity index (χ0v) is 19.8. The highest BCUT2D eigenvalue weighted by molar-refractivity contribution is 5.99. The number of aliphatic hydroxyl groups is 1. The van der Waals surface area contributed by atoms with Crippen molar-refractivity contribution >= 4 is 11.7 Å². The van der Waals surface area contributed by atoms with E-state index in [9.17, 15) is 27.9 Å². The number of amides is 1. The van der Waals surface area contributed by atoms with Gasteiger partial charge in [0.15, 0.2) is 5.78 Å². The van der Waals surface area contributed by atoms with Crippen molar-refractivity contribution in [1.29, 1.82) is 0 Å². The minimum Gasteiger partial charge on any atom is -0.385 e. The molecule has 0 radical (unpaired) electrons. The van der Waals surface area contributed by atoms with Crippen LogP contribution in [0.1, 0.15) is 63.5 Å². The van der Waals surface area contributed by atoms with Gasteiger partial charge in [-0.25, -0.2) is 0 Å². The number of hydrogen-bond donors (Lipinski definition) is 1. The van der Waals surface area contributed by atoms with E-state index in [0.717, 1.165) is 30.5 Å². The van der Waals surface area contributed by atoms with Gasteiger partial charge in [0.25, 0.3) is 0 Å². The molecular weight excluding hydrogens is 443 g/mol. The van der Waals surface area contributed by atoms with Gasteiger partial charge in [-0.1, -0.05) is 31.2 Å². The predicted octanol–water partition coefficient (Wildman–Crippen LogP) is 5.41. The highest BCUT2D eigenvalue weighted by atomic mass is 19.4. The Morgan fingerprint density at radius 2 is 1.85 bits per heavy atom. The minimum atomic E-state index is -4.48. The lowest BCUT2D eigenvalue weighted by molar-refractivity contribution is -0.137. The first-order valence-electron chi connectivity index (χ1n) is 12.0. The summed E-state index contributed by atoms with van der Waals surface area (Å²) in [6, 6.07) is 4.80. The summed E-state index contributed by atoms with van der Waals surface area (Å²) in [6.45, 7) is 8.67. The Labute approximate surface area is 198 Å². The quantitative estimate of drug-likeness (QED) is 0.595. The van der Waals surface area contributed by atoms with E-state index >= 15 is 0 Å². The molecule has 0 unspecified atom stereocenters. The van der Waals surface area contributed by atoms with E-state index < -0.39 is 17.3 Å². The number of rotatable bonds is 3. The minimum absolute atomic E-state index is 0.0277. The van der Waals surface area contributed by atoms with Crippen LogP contribution in [0.25, 0.3) is 0 Å². The number of hydrogen-bond acceptors (Lipinski definition) is 3. The Balaban J connectivity index is 1.43. The van der Waals surface area contributed by atoms with Crippen LogP contribution >= 0.6 is 0 Å². The maximum atomic E-state index is 13.3. The van der Waals surface area contributed by atoms with Gasteiger partial charge in [0.1, 0.15) is 0 Å². The van der Waals surface area contributed by atoms with Gasteiger partial charge in [0.2, 0.25) is 5.91 Å². The first kappa shape index (κ1) is 24.7. The molecule has 0 spiro atoms. The lowest BCUT2D eigenvalue weighted by Crippen LogP contribution is -2.46. The van der Waals surface area contributed by atoms with Crippen molar-refractivity contribution < 1.29 is 27.9 Å². The Kier molecular flexibility index (Phi) is 6.53. The van der Waals surface area contributed by atoms with Crippen LogP contribution in [0.3, 0.4) is 0 Å². The standard InChI is InChI=1S/C27H32F3NO3/c1-16-7-8-19(13-23-18(3)24(32)15-22(16)23)17(2)25(33)31-11-9-26(34,10-12-31)20-5-4-6-21(14-20)27(28,29)30/h4-6,14,16,19,22,34H,2,7-13,15H2,1,3H3/t16-,19+,22-/m0/s1. The highest BCUT2D eigenvalue weighted by Gasteiger charge is 2.41. The topological polar surface area (TPSA) is 57.6 Å². The molecule has 1 aromatic rings. The Morgan fingerprint density at radius 1 is 1.18 bits per heavy atom. The third-order valence-corrected chi connectivity index (χ3v) is 8.25. The third kappa shape index (κ3) is 4.59. The van der Waals surface area contributed by atoms with Gasteiger partial charge in [-0.15, -0.1) is 0 Å². The molecule has 4 rings (SSSR count). The number of ketones is 1. The fourth-order valence-corrected chi connectivity index (χ4v) is 5.84. The van der Waals surface area contributed by atoms with Crippen LogP contribution in [0.2, 0.25) is 0 Å². The Morgan fingerprint density at radius 3 is 2.50 bits per heavy atom. The lowest BCUT2D eigenvalue weighted by atomic mass is 9.83. The van der Waals surface area contributed by atoms with Crippen molar-refractivity contribution in [3.63, 3.8) is 0 Å². The van der Waals surface area contributed by atoms with Crippen LogP contribution in [0.4, 0.5) is 13.2 Å². The number of benzene rings is 1. The van der Waals surface area contributed by atoms with Gasteiger partial charge in [-0.3, -0.25) is 9.59 Å². The van der Waals surface area contributed by atoms with Crippen molar-refractivity contribution in [2.75, 3.05) is 13.1 Å². The molecule has 1 N–H and O–H groups in total. The fraction of sp³-hybridized carbons (Fsp3) is 0.556. The molecule has 1 saturated heterocycles. The lowest BCUT2D eigenvalue weighted by Gasteiger charge is -2.39. The zero-order chi connectivity index (χ0) is 24.8. The van der Waals surface area contributed by atoms with Crippen LogP contribution < -0.4 is 0 Å². The molecule has 1 aliphatic heterocycles. The van der Waals surface area contributed by atoms with Gasteiger partial charge in [0.05, 0.1) is 11.2 Å². The first-order chi connectivity index (χ1) is 15.9.